The summed E-state index contributed by atoms with van der Waals surface area (Å²) in [4.78, 5) is 13.7. The molecule has 20 heavy (non-hydrogen) atoms. The molecule has 0 unspecified atom stereocenters. The van der Waals surface area contributed by atoms with Crippen LogP contribution in [0.3, 0.4) is 0 Å². The highest BCUT2D eigenvalue weighted by molar-refractivity contribution is 7.98. The van der Waals surface area contributed by atoms with Crippen molar-refractivity contribution in [2.24, 2.45) is 0 Å². The molecule has 5 nitrogen and oxygen atoms in total. The van der Waals surface area contributed by atoms with E-state index in [2.05, 4.69) is 16.6 Å². The molecule has 110 valence electrons. The van der Waals surface area contributed by atoms with Gasteiger partial charge >= 0.3 is 5.76 Å². The highest BCUT2D eigenvalue weighted by Crippen LogP contribution is 2.24. The molecule has 1 heterocycles. The first kappa shape index (κ1) is 14.8. The number of hydrogen-bond donors (Lipinski definition) is 3. The van der Waals surface area contributed by atoms with Crippen LogP contribution in [0.15, 0.2) is 21.3 Å². The average molecular weight is 295 g/mol. The quantitative estimate of drug-likeness (QED) is 0.515. The number of unbranched alkanes of at least 4 members (excludes halogenated alkanes) is 3. The number of oxazole rings is 1. The van der Waals surface area contributed by atoms with Crippen molar-refractivity contribution in [1.82, 2.24) is 4.98 Å². The van der Waals surface area contributed by atoms with Gasteiger partial charge in [-0.25, -0.2) is 4.79 Å². The third-order valence-electron chi connectivity index (χ3n) is 3.18. The molecule has 0 bridgehead atoms. The molecular formula is C14H21N3O2S. The SMILES string of the molecule is CSCCCCCCNc1cc2[nH]c(=O)oc2cc1N. The van der Waals surface area contributed by atoms with Crippen LogP contribution in [0.5, 0.6) is 0 Å². The first-order valence-electron chi connectivity index (χ1n) is 6.86. The number of benzene rings is 1. The Labute approximate surface area is 122 Å². The fraction of sp³-hybridized carbons (Fsp3) is 0.500. The predicted octanol–water partition coefficient (Wildman–Crippen LogP) is 3.04. The summed E-state index contributed by atoms with van der Waals surface area (Å²) in [5.74, 6) is 0.788. The number of aromatic amines is 1. The Morgan fingerprint density at radius 2 is 2.10 bits per heavy atom. The number of fused-ring (bicyclic) bond motifs is 1. The van der Waals surface area contributed by atoms with Gasteiger partial charge in [0.05, 0.1) is 16.9 Å². The van der Waals surface area contributed by atoms with Gasteiger partial charge in [0, 0.05) is 12.6 Å². The number of nitrogen functional groups attached to an aromatic ring is 1. The summed E-state index contributed by atoms with van der Waals surface area (Å²) in [7, 11) is 0. The standard InChI is InChI=1S/C14H21N3O2S/c1-20-7-5-3-2-4-6-16-11-9-12-13(8-10(11)15)19-14(18)17-12/h8-9,16H,2-7,15H2,1H3,(H,17,18). The molecule has 0 spiro atoms. The fourth-order valence-corrected chi connectivity index (χ4v) is 2.61. The Morgan fingerprint density at radius 1 is 1.30 bits per heavy atom. The van der Waals surface area contributed by atoms with Gasteiger partial charge < -0.3 is 15.5 Å². The van der Waals surface area contributed by atoms with Gasteiger partial charge in [-0.2, -0.15) is 11.8 Å². The maximum absolute atomic E-state index is 11.1. The van der Waals surface area contributed by atoms with Crippen molar-refractivity contribution in [2.45, 2.75) is 25.7 Å². The van der Waals surface area contributed by atoms with Gasteiger partial charge in [-0.15, -0.1) is 0 Å². The normalized spacial score (nSPS) is 11.1. The van der Waals surface area contributed by atoms with Crippen molar-refractivity contribution in [2.75, 3.05) is 29.6 Å². The number of nitrogens with one attached hydrogen (secondary N) is 2. The van der Waals surface area contributed by atoms with Gasteiger partial charge in [0.1, 0.15) is 0 Å². The Morgan fingerprint density at radius 3 is 2.90 bits per heavy atom. The average Bonchev–Trinajstić information content (AvgIpc) is 2.77. The van der Waals surface area contributed by atoms with Crippen LogP contribution in [-0.4, -0.2) is 23.5 Å². The molecule has 0 atom stereocenters. The lowest BCUT2D eigenvalue weighted by atomic mass is 10.2. The zero-order chi connectivity index (χ0) is 14.4. The van der Waals surface area contributed by atoms with E-state index in [0.29, 0.717) is 16.8 Å². The van der Waals surface area contributed by atoms with E-state index in [9.17, 15) is 4.79 Å². The molecule has 0 aliphatic heterocycles. The van der Waals surface area contributed by atoms with Crippen molar-refractivity contribution in [1.29, 1.82) is 0 Å². The molecule has 0 saturated heterocycles. The second-order valence-electron chi connectivity index (χ2n) is 4.78. The Kier molecular flexibility index (Phi) is 5.40. The summed E-state index contributed by atoms with van der Waals surface area (Å²) in [6, 6.07) is 3.50. The summed E-state index contributed by atoms with van der Waals surface area (Å²) in [6.07, 6.45) is 7.03. The van der Waals surface area contributed by atoms with Crippen molar-refractivity contribution in [3.05, 3.63) is 22.7 Å². The van der Waals surface area contributed by atoms with E-state index in [1.165, 1.54) is 25.0 Å². The smallest absolute Gasteiger partial charge is 0.408 e. The van der Waals surface area contributed by atoms with Crippen LogP contribution < -0.4 is 16.8 Å². The number of aromatic nitrogens is 1. The molecule has 0 amide bonds. The van der Waals surface area contributed by atoms with Gasteiger partial charge in [-0.1, -0.05) is 12.8 Å². The summed E-state index contributed by atoms with van der Waals surface area (Å²) >= 11 is 1.90. The first-order valence-corrected chi connectivity index (χ1v) is 8.25. The van der Waals surface area contributed by atoms with Crippen molar-refractivity contribution in [3.8, 4) is 0 Å². The Balaban J connectivity index is 1.83. The molecule has 0 aliphatic carbocycles. The molecule has 6 heteroatoms. The van der Waals surface area contributed by atoms with Gasteiger partial charge in [0.25, 0.3) is 0 Å². The van der Waals surface area contributed by atoms with Gasteiger partial charge in [-0.05, 0) is 30.9 Å². The summed E-state index contributed by atoms with van der Waals surface area (Å²) in [6.45, 7) is 0.886. The zero-order valence-electron chi connectivity index (χ0n) is 11.7. The fourth-order valence-electron chi connectivity index (χ4n) is 2.11. The Bertz CT molecular complexity index is 606. The first-order chi connectivity index (χ1) is 9.70. The van der Waals surface area contributed by atoms with Crippen LogP contribution in [0.2, 0.25) is 0 Å². The largest absolute Gasteiger partial charge is 0.417 e. The Hall–Kier alpha value is -1.56. The molecule has 2 rings (SSSR count). The maximum Gasteiger partial charge on any atom is 0.417 e. The number of H-pyrrole nitrogens is 1. The highest BCUT2D eigenvalue weighted by atomic mass is 32.2. The molecule has 0 aliphatic rings. The van der Waals surface area contributed by atoms with Crippen LogP contribution in [0.1, 0.15) is 25.7 Å². The minimum atomic E-state index is -0.453. The third kappa shape index (κ3) is 3.96. The predicted molar refractivity (Wildman–Crippen MR) is 86.6 cm³/mol. The van der Waals surface area contributed by atoms with Crippen LogP contribution in [0.4, 0.5) is 11.4 Å². The highest BCUT2D eigenvalue weighted by Gasteiger charge is 2.06. The van der Waals surface area contributed by atoms with Crippen molar-refractivity contribution < 1.29 is 4.42 Å². The number of hydrogen-bond acceptors (Lipinski definition) is 5. The molecular weight excluding hydrogens is 274 g/mol. The minimum absolute atomic E-state index is 0.453. The number of anilines is 2. The second-order valence-corrected chi connectivity index (χ2v) is 5.77. The summed E-state index contributed by atoms with van der Waals surface area (Å²) < 4.78 is 4.96. The lowest BCUT2D eigenvalue weighted by Crippen LogP contribution is -2.04. The van der Waals surface area contributed by atoms with Crippen molar-refractivity contribution in [3.63, 3.8) is 0 Å². The topological polar surface area (TPSA) is 84.0 Å². The zero-order valence-corrected chi connectivity index (χ0v) is 12.5. The van der Waals surface area contributed by atoms with Crippen LogP contribution in [-0.2, 0) is 0 Å². The van der Waals surface area contributed by atoms with E-state index < -0.39 is 5.76 Å². The van der Waals surface area contributed by atoms with E-state index in [-0.39, 0.29) is 0 Å². The molecule has 1 aromatic heterocycles. The molecule has 0 saturated carbocycles. The minimum Gasteiger partial charge on any atom is -0.408 e. The van der Waals surface area contributed by atoms with Crippen molar-refractivity contribution >= 4 is 34.2 Å². The third-order valence-corrected chi connectivity index (χ3v) is 3.88. The summed E-state index contributed by atoms with van der Waals surface area (Å²) in [5, 5.41) is 3.31. The van der Waals surface area contributed by atoms with E-state index in [0.717, 1.165) is 18.7 Å². The van der Waals surface area contributed by atoms with E-state index >= 15 is 0 Å². The maximum atomic E-state index is 11.1. The second kappa shape index (κ2) is 7.28. The van der Waals surface area contributed by atoms with Gasteiger partial charge in [0.2, 0.25) is 0 Å². The van der Waals surface area contributed by atoms with E-state index in [4.69, 9.17) is 10.2 Å². The number of nitrogens with two attached hydrogens (primary N) is 1. The van der Waals surface area contributed by atoms with E-state index in [1.54, 1.807) is 6.07 Å². The van der Waals surface area contributed by atoms with Gasteiger partial charge in [-0.3, -0.25) is 4.98 Å². The number of rotatable bonds is 8. The molecule has 0 radical (unpaired) electrons. The molecule has 4 N–H and O–H groups in total. The lowest BCUT2D eigenvalue weighted by molar-refractivity contribution is 0.555. The van der Waals surface area contributed by atoms with Crippen LogP contribution >= 0.6 is 11.8 Å². The van der Waals surface area contributed by atoms with E-state index in [1.807, 2.05) is 17.8 Å². The molecule has 1 aromatic carbocycles. The summed E-state index contributed by atoms with van der Waals surface area (Å²) in [5.41, 5.74) is 8.55. The van der Waals surface area contributed by atoms with Gasteiger partial charge in [0.15, 0.2) is 5.58 Å². The molecule has 0 fully saturated rings. The van der Waals surface area contributed by atoms with Crippen LogP contribution in [0, 0.1) is 0 Å². The molecule has 2 aromatic rings. The van der Waals surface area contributed by atoms with Crippen LogP contribution in [0.25, 0.3) is 11.1 Å². The lowest BCUT2D eigenvalue weighted by Gasteiger charge is -2.09. The number of thioether (sulfide) groups is 1. The monoisotopic (exact) mass is 295 g/mol.